The van der Waals surface area contributed by atoms with Crippen molar-refractivity contribution in [1.29, 1.82) is 0 Å². The van der Waals surface area contributed by atoms with E-state index in [4.69, 9.17) is 4.18 Å². The summed E-state index contributed by atoms with van der Waals surface area (Å²) in [5, 5.41) is 2.79. The van der Waals surface area contributed by atoms with Crippen molar-refractivity contribution in [3.05, 3.63) is 59.9 Å². The molecule has 28 heavy (non-hydrogen) atoms. The summed E-state index contributed by atoms with van der Waals surface area (Å²) in [4.78, 5) is 13.9. The first-order valence-electron chi connectivity index (χ1n) is 9.10. The Kier molecular flexibility index (Phi) is 7.39. The molecule has 0 radical (unpaired) electrons. The molecule has 6 nitrogen and oxygen atoms in total. The van der Waals surface area contributed by atoms with Gasteiger partial charge in [-0.25, -0.2) is 9.18 Å². The molecule has 0 saturated carbocycles. The maximum Gasteiger partial charge on any atom is 0.339 e. The van der Waals surface area contributed by atoms with Gasteiger partial charge in [-0.1, -0.05) is 19.1 Å². The molecule has 8 heteroatoms. The van der Waals surface area contributed by atoms with Crippen molar-refractivity contribution in [3.63, 3.8) is 0 Å². The van der Waals surface area contributed by atoms with Gasteiger partial charge in [-0.3, -0.25) is 0 Å². The van der Waals surface area contributed by atoms with Gasteiger partial charge in [-0.2, -0.15) is 8.42 Å². The number of hydrogen-bond donors (Lipinski definition) is 1. The first-order chi connectivity index (χ1) is 13.3. The minimum atomic E-state index is -4.08. The summed E-state index contributed by atoms with van der Waals surface area (Å²) in [5.41, 5.74) is 0.735. The van der Waals surface area contributed by atoms with Crippen LogP contribution in [0.3, 0.4) is 0 Å². The van der Waals surface area contributed by atoms with E-state index in [2.05, 4.69) is 5.32 Å². The molecule has 1 atom stereocenters. The molecule has 0 aliphatic carbocycles. The van der Waals surface area contributed by atoms with E-state index in [1.807, 2.05) is 20.8 Å². The summed E-state index contributed by atoms with van der Waals surface area (Å²) in [6.45, 7) is 6.63. The fourth-order valence-corrected chi connectivity index (χ4v) is 3.49. The highest BCUT2D eigenvalue weighted by molar-refractivity contribution is 7.87. The topological polar surface area (TPSA) is 75.7 Å². The number of urea groups is 1. The Hall–Kier alpha value is -2.61. The van der Waals surface area contributed by atoms with Crippen LogP contribution in [0.2, 0.25) is 0 Å². The smallest absolute Gasteiger partial charge is 0.339 e. The van der Waals surface area contributed by atoms with Crippen LogP contribution in [-0.4, -0.2) is 31.9 Å². The molecule has 0 aliphatic rings. The first kappa shape index (κ1) is 21.7. The van der Waals surface area contributed by atoms with Gasteiger partial charge in [-0.15, -0.1) is 0 Å². The highest BCUT2D eigenvalue weighted by atomic mass is 32.2. The van der Waals surface area contributed by atoms with Crippen molar-refractivity contribution in [2.24, 2.45) is 0 Å². The van der Waals surface area contributed by atoms with E-state index < -0.39 is 15.9 Å². The van der Waals surface area contributed by atoms with Crippen molar-refractivity contribution >= 4 is 16.1 Å². The van der Waals surface area contributed by atoms with Gasteiger partial charge < -0.3 is 14.4 Å². The number of amides is 2. The quantitative estimate of drug-likeness (QED) is 0.672. The standard InChI is InChI=1S/C20H25FN2O4S/c1-4-15(3)23(20(24)22-5-2)14-16-7-6-8-18(13-16)27-28(25,26)19-11-9-17(21)10-12-19/h6-13,15H,4-5,14H2,1-3H3,(H,22,24)/t15-/m1/s1. The van der Waals surface area contributed by atoms with E-state index in [1.165, 1.54) is 6.07 Å². The summed E-state index contributed by atoms with van der Waals surface area (Å²) >= 11 is 0. The van der Waals surface area contributed by atoms with Crippen LogP contribution in [-0.2, 0) is 16.7 Å². The van der Waals surface area contributed by atoms with Gasteiger partial charge in [0.25, 0.3) is 0 Å². The molecule has 0 aliphatic heterocycles. The van der Waals surface area contributed by atoms with Gasteiger partial charge in [-0.05, 0) is 62.2 Å². The van der Waals surface area contributed by atoms with E-state index in [0.717, 1.165) is 36.2 Å². The second-order valence-corrected chi connectivity index (χ2v) is 7.91. The van der Waals surface area contributed by atoms with Crippen LogP contribution < -0.4 is 9.50 Å². The number of carbonyl (C=O) groups is 1. The highest BCUT2D eigenvalue weighted by Gasteiger charge is 2.20. The van der Waals surface area contributed by atoms with Crippen LogP contribution in [0.1, 0.15) is 32.8 Å². The van der Waals surface area contributed by atoms with Crippen molar-refractivity contribution in [2.45, 2.75) is 44.7 Å². The lowest BCUT2D eigenvalue weighted by atomic mass is 10.1. The molecule has 0 heterocycles. The average molecular weight is 408 g/mol. The second kappa shape index (κ2) is 9.54. The monoisotopic (exact) mass is 408 g/mol. The van der Waals surface area contributed by atoms with E-state index in [0.29, 0.717) is 13.1 Å². The van der Waals surface area contributed by atoms with E-state index in [9.17, 15) is 17.6 Å². The van der Waals surface area contributed by atoms with Crippen molar-refractivity contribution in [2.75, 3.05) is 6.54 Å². The zero-order valence-corrected chi connectivity index (χ0v) is 17.0. The summed E-state index contributed by atoms with van der Waals surface area (Å²) in [7, 11) is -4.08. The third-order valence-corrected chi connectivity index (χ3v) is 5.53. The Bertz CT molecular complexity index is 901. The van der Waals surface area contributed by atoms with E-state index >= 15 is 0 Å². The van der Waals surface area contributed by atoms with E-state index in [1.54, 1.807) is 23.1 Å². The average Bonchev–Trinajstić information content (AvgIpc) is 2.66. The van der Waals surface area contributed by atoms with Crippen LogP contribution in [0.5, 0.6) is 5.75 Å². The van der Waals surface area contributed by atoms with Gasteiger partial charge in [0.15, 0.2) is 0 Å². The summed E-state index contributed by atoms with van der Waals surface area (Å²) in [6.07, 6.45) is 0.784. The fourth-order valence-electron chi connectivity index (χ4n) is 2.57. The largest absolute Gasteiger partial charge is 0.379 e. The Balaban J connectivity index is 2.20. The molecule has 0 bridgehead atoms. The Morgan fingerprint density at radius 2 is 1.86 bits per heavy atom. The van der Waals surface area contributed by atoms with Gasteiger partial charge in [0, 0.05) is 19.1 Å². The number of hydrogen-bond acceptors (Lipinski definition) is 4. The number of benzene rings is 2. The van der Waals surface area contributed by atoms with Gasteiger partial charge in [0.1, 0.15) is 16.5 Å². The molecular weight excluding hydrogens is 383 g/mol. The first-order valence-corrected chi connectivity index (χ1v) is 10.5. The second-order valence-electron chi connectivity index (χ2n) is 6.36. The number of carbonyl (C=O) groups excluding carboxylic acids is 1. The fraction of sp³-hybridized carbons (Fsp3) is 0.350. The van der Waals surface area contributed by atoms with Crippen LogP contribution in [0.15, 0.2) is 53.4 Å². The SMILES string of the molecule is CCNC(=O)N(Cc1cccc(OS(=O)(=O)c2ccc(F)cc2)c1)[C@H](C)CC. The predicted molar refractivity (Wildman–Crippen MR) is 105 cm³/mol. The molecular formula is C20H25FN2O4S. The summed E-state index contributed by atoms with van der Waals surface area (Å²) < 4.78 is 42.9. The minimum Gasteiger partial charge on any atom is -0.379 e. The highest BCUT2D eigenvalue weighted by Crippen LogP contribution is 2.21. The lowest BCUT2D eigenvalue weighted by molar-refractivity contribution is 0.174. The summed E-state index contributed by atoms with van der Waals surface area (Å²) in [6, 6.07) is 10.8. The van der Waals surface area contributed by atoms with Crippen LogP contribution >= 0.6 is 0 Å². The zero-order valence-electron chi connectivity index (χ0n) is 16.2. The molecule has 152 valence electrons. The third-order valence-electron chi connectivity index (χ3n) is 4.27. The molecule has 0 fully saturated rings. The number of rotatable bonds is 8. The molecule has 0 saturated heterocycles. The molecule has 2 aromatic rings. The Morgan fingerprint density at radius 1 is 1.18 bits per heavy atom. The zero-order chi connectivity index (χ0) is 20.7. The summed E-state index contributed by atoms with van der Waals surface area (Å²) in [5.74, 6) is -0.404. The normalized spacial score (nSPS) is 12.3. The van der Waals surface area contributed by atoms with Crippen LogP contribution in [0.4, 0.5) is 9.18 Å². The molecule has 0 spiro atoms. The van der Waals surface area contributed by atoms with Crippen molar-refractivity contribution in [1.82, 2.24) is 10.2 Å². The van der Waals surface area contributed by atoms with Crippen LogP contribution in [0, 0.1) is 5.82 Å². The Labute approximate surface area is 165 Å². The molecule has 1 N–H and O–H groups in total. The number of nitrogens with one attached hydrogen (secondary N) is 1. The number of halogens is 1. The maximum atomic E-state index is 13.0. The van der Waals surface area contributed by atoms with Gasteiger partial charge in [0.2, 0.25) is 0 Å². The van der Waals surface area contributed by atoms with Gasteiger partial charge >= 0.3 is 16.1 Å². The van der Waals surface area contributed by atoms with E-state index in [-0.39, 0.29) is 22.7 Å². The Morgan fingerprint density at radius 3 is 2.46 bits per heavy atom. The van der Waals surface area contributed by atoms with Gasteiger partial charge in [0.05, 0.1) is 0 Å². The lowest BCUT2D eigenvalue weighted by Gasteiger charge is -2.28. The molecule has 0 unspecified atom stereocenters. The molecule has 2 aromatic carbocycles. The maximum absolute atomic E-state index is 13.0. The lowest BCUT2D eigenvalue weighted by Crippen LogP contribution is -2.44. The van der Waals surface area contributed by atoms with Crippen molar-refractivity contribution < 1.29 is 21.8 Å². The minimum absolute atomic E-state index is 0.0130. The van der Waals surface area contributed by atoms with Crippen molar-refractivity contribution in [3.8, 4) is 5.75 Å². The molecule has 2 rings (SSSR count). The molecule has 2 amide bonds. The molecule has 0 aromatic heterocycles. The number of nitrogens with zero attached hydrogens (tertiary/aromatic N) is 1. The predicted octanol–water partition coefficient (Wildman–Crippen LogP) is 3.92. The van der Waals surface area contributed by atoms with Crippen LogP contribution in [0.25, 0.3) is 0 Å². The third kappa shape index (κ3) is 5.69.